The maximum absolute atomic E-state index is 13.0. The molecule has 0 atom stereocenters. The standard InChI is InChI=1S/C24H29N7O4/c1-5-10-30-22-20(23(33)31(11-6-2)24(30)34)26-21(27-22)17-14-18(28-29(17)3)25-19(32)13-15-8-7-9-16(12-15)35-4/h7-9,12,14H,5-6,10-11,13H2,1-4H3,(H,26,27)(H,25,28,32). The molecule has 0 radical (unpaired) electrons. The van der Waals surface area contributed by atoms with Gasteiger partial charge in [-0.1, -0.05) is 26.0 Å². The lowest BCUT2D eigenvalue weighted by Gasteiger charge is -2.09. The summed E-state index contributed by atoms with van der Waals surface area (Å²) in [6.45, 7) is 4.66. The molecule has 0 aliphatic carbocycles. The third kappa shape index (κ3) is 4.75. The Labute approximate surface area is 201 Å². The fraction of sp³-hybridized carbons (Fsp3) is 0.375. The van der Waals surface area contributed by atoms with Crippen LogP contribution in [0.2, 0.25) is 0 Å². The number of methoxy groups -OCH3 is 1. The van der Waals surface area contributed by atoms with Crippen molar-refractivity contribution in [3.05, 3.63) is 56.7 Å². The van der Waals surface area contributed by atoms with Crippen molar-refractivity contribution in [2.75, 3.05) is 12.4 Å². The number of imidazole rings is 1. The highest BCUT2D eigenvalue weighted by molar-refractivity contribution is 5.92. The van der Waals surface area contributed by atoms with Gasteiger partial charge >= 0.3 is 5.69 Å². The van der Waals surface area contributed by atoms with Crippen LogP contribution in [0.5, 0.6) is 5.75 Å². The molecule has 35 heavy (non-hydrogen) atoms. The molecule has 0 spiro atoms. The van der Waals surface area contributed by atoms with Crippen molar-refractivity contribution >= 4 is 22.9 Å². The minimum Gasteiger partial charge on any atom is -0.497 e. The van der Waals surface area contributed by atoms with Gasteiger partial charge in [-0.15, -0.1) is 0 Å². The second-order valence-electron chi connectivity index (χ2n) is 8.29. The molecule has 0 aliphatic heterocycles. The molecule has 0 aliphatic rings. The topological polar surface area (TPSA) is 129 Å². The molecule has 3 heterocycles. The highest BCUT2D eigenvalue weighted by Crippen LogP contribution is 2.22. The molecule has 11 nitrogen and oxygen atoms in total. The van der Waals surface area contributed by atoms with E-state index in [1.165, 1.54) is 9.13 Å². The van der Waals surface area contributed by atoms with E-state index in [9.17, 15) is 14.4 Å². The zero-order valence-electron chi connectivity index (χ0n) is 20.3. The van der Waals surface area contributed by atoms with Gasteiger partial charge in [0.25, 0.3) is 5.56 Å². The number of nitrogens with one attached hydrogen (secondary N) is 2. The lowest BCUT2D eigenvalue weighted by atomic mass is 10.1. The maximum atomic E-state index is 13.0. The number of ether oxygens (including phenoxy) is 1. The van der Waals surface area contributed by atoms with Gasteiger partial charge in [-0.3, -0.25) is 23.4 Å². The van der Waals surface area contributed by atoms with Crippen molar-refractivity contribution in [3.8, 4) is 17.3 Å². The first-order valence-corrected chi connectivity index (χ1v) is 11.6. The summed E-state index contributed by atoms with van der Waals surface area (Å²) < 4.78 is 9.54. The maximum Gasteiger partial charge on any atom is 0.332 e. The second kappa shape index (κ2) is 10.00. The van der Waals surface area contributed by atoms with Crippen molar-refractivity contribution < 1.29 is 9.53 Å². The largest absolute Gasteiger partial charge is 0.497 e. The monoisotopic (exact) mass is 479 g/mol. The van der Waals surface area contributed by atoms with Crippen LogP contribution in [0.15, 0.2) is 39.9 Å². The van der Waals surface area contributed by atoms with Gasteiger partial charge in [-0.25, -0.2) is 9.78 Å². The Morgan fingerprint density at radius 2 is 1.86 bits per heavy atom. The van der Waals surface area contributed by atoms with E-state index in [0.29, 0.717) is 48.2 Å². The first-order chi connectivity index (χ1) is 16.9. The third-order valence-electron chi connectivity index (χ3n) is 5.64. The van der Waals surface area contributed by atoms with E-state index in [1.54, 1.807) is 31.0 Å². The number of carbonyl (C=O) groups excluding carboxylic acids is 1. The van der Waals surface area contributed by atoms with E-state index in [0.717, 1.165) is 12.0 Å². The van der Waals surface area contributed by atoms with Crippen LogP contribution in [0.1, 0.15) is 32.3 Å². The van der Waals surface area contributed by atoms with Crippen molar-refractivity contribution in [1.82, 2.24) is 28.9 Å². The predicted molar refractivity (Wildman–Crippen MR) is 133 cm³/mol. The van der Waals surface area contributed by atoms with Crippen LogP contribution in [-0.4, -0.2) is 41.9 Å². The molecule has 0 bridgehead atoms. The Morgan fingerprint density at radius 1 is 1.11 bits per heavy atom. The van der Waals surface area contributed by atoms with Crippen LogP contribution >= 0.6 is 0 Å². The molecule has 0 saturated carbocycles. The summed E-state index contributed by atoms with van der Waals surface area (Å²) in [6, 6.07) is 8.97. The van der Waals surface area contributed by atoms with Gasteiger partial charge in [-0.05, 0) is 30.5 Å². The molecule has 4 aromatic rings. The summed E-state index contributed by atoms with van der Waals surface area (Å²) in [6.07, 6.45) is 1.54. The number of hydrogen-bond acceptors (Lipinski definition) is 6. The molecule has 0 saturated heterocycles. The molecule has 2 N–H and O–H groups in total. The fourth-order valence-corrected chi connectivity index (χ4v) is 4.04. The minimum atomic E-state index is -0.396. The highest BCUT2D eigenvalue weighted by Gasteiger charge is 2.20. The Balaban J connectivity index is 1.65. The highest BCUT2D eigenvalue weighted by atomic mass is 16.5. The molecule has 184 valence electrons. The Morgan fingerprint density at radius 3 is 2.57 bits per heavy atom. The smallest absolute Gasteiger partial charge is 0.332 e. The Kier molecular flexibility index (Phi) is 6.85. The Hall–Kier alpha value is -4.15. The van der Waals surface area contributed by atoms with Crippen LogP contribution in [-0.2, 0) is 31.4 Å². The van der Waals surface area contributed by atoms with Crippen molar-refractivity contribution in [3.63, 3.8) is 0 Å². The molecule has 0 fully saturated rings. The van der Waals surface area contributed by atoms with Gasteiger partial charge in [0.2, 0.25) is 5.91 Å². The van der Waals surface area contributed by atoms with Crippen LogP contribution in [0.3, 0.4) is 0 Å². The molecular formula is C24H29N7O4. The molecule has 1 amide bonds. The van der Waals surface area contributed by atoms with E-state index in [2.05, 4.69) is 20.4 Å². The molecule has 4 rings (SSSR count). The number of aromatic amines is 1. The molecule has 3 aromatic heterocycles. The summed E-state index contributed by atoms with van der Waals surface area (Å²) >= 11 is 0. The van der Waals surface area contributed by atoms with Crippen LogP contribution in [0.4, 0.5) is 5.82 Å². The number of aromatic nitrogens is 6. The predicted octanol–water partition coefficient (Wildman–Crippen LogP) is 2.30. The van der Waals surface area contributed by atoms with E-state index >= 15 is 0 Å². The number of amides is 1. The first-order valence-electron chi connectivity index (χ1n) is 11.6. The van der Waals surface area contributed by atoms with Crippen molar-refractivity contribution in [2.45, 2.75) is 46.2 Å². The van der Waals surface area contributed by atoms with E-state index in [4.69, 9.17) is 4.74 Å². The molecule has 1 aromatic carbocycles. The first kappa shape index (κ1) is 24.0. The average Bonchev–Trinajstić information content (AvgIpc) is 3.43. The number of anilines is 1. The molecule has 11 heteroatoms. The SMILES string of the molecule is CCCn1c(=O)c2[nH]c(-c3cc(NC(=O)Cc4cccc(OC)c4)nn3C)nc2n(CCC)c1=O. The van der Waals surface area contributed by atoms with Crippen molar-refractivity contribution in [1.29, 1.82) is 0 Å². The van der Waals surface area contributed by atoms with Gasteiger partial charge < -0.3 is 15.0 Å². The van der Waals surface area contributed by atoms with Crippen LogP contribution in [0, 0.1) is 0 Å². The number of hydrogen-bond donors (Lipinski definition) is 2. The average molecular weight is 480 g/mol. The van der Waals surface area contributed by atoms with Gasteiger partial charge in [0.05, 0.1) is 13.5 Å². The zero-order chi connectivity index (χ0) is 25.1. The summed E-state index contributed by atoms with van der Waals surface area (Å²) in [5.41, 5.74) is 1.20. The number of rotatable bonds is 9. The number of H-pyrrole nitrogens is 1. The van der Waals surface area contributed by atoms with Gasteiger partial charge in [0.15, 0.2) is 17.3 Å². The number of aryl methyl sites for hydroxylation is 2. The van der Waals surface area contributed by atoms with Gasteiger partial charge in [-0.2, -0.15) is 5.10 Å². The summed E-state index contributed by atoms with van der Waals surface area (Å²) in [4.78, 5) is 46.1. The summed E-state index contributed by atoms with van der Waals surface area (Å²) in [5, 5.41) is 7.16. The van der Waals surface area contributed by atoms with E-state index in [1.807, 2.05) is 32.0 Å². The molecular weight excluding hydrogens is 450 g/mol. The van der Waals surface area contributed by atoms with Gasteiger partial charge in [0.1, 0.15) is 17.0 Å². The number of nitrogens with zero attached hydrogens (tertiary/aromatic N) is 5. The van der Waals surface area contributed by atoms with Crippen LogP contribution < -0.4 is 21.3 Å². The van der Waals surface area contributed by atoms with Crippen molar-refractivity contribution in [2.24, 2.45) is 7.05 Å². The fourth-order valence-electron chi connectivity index (χ4n) is 4.04. The van der Waals surface area contributed by atoms with E-state index in [-0.39, 0.29) is 23.5 Å². The Bertz CT molecular complexity index is 1490. The second-order valence-corrected chi connectivity index (χ2v) is 8.29. The van der Waals surface area contributed by atoms with Crippen LogP contribution in [0.25, 0.3) is 22.7 Å². The third-order valence-corrected chi connectivity index (χ3v) is 5.64. The summed E-state index contributed by atoms with van der Waals surface area (Å²) in [7, 11) is 3.29. The number of carbonyl (C=O) groups is 1. The number of fused-ring (bicyclic) bond motifs is 1. The normalized spacial score (nSPS) is 11.2. The number of benzene rings is 1. The minimum absolute atomic E-state index is 0.161. The molecule has 0 unspecified atom stereocenters. The lowest BCUT2D eigenvalue weighted by Crippen LogP contribution is -2.40. The quantitative estimate of drug-likeness (QED) is 0.379. The zero-order valence-corrected chi connectivity index (χ0v) is 20.3. The lowest BCUT2D eigenvalue weighted by molar-refractivity contribution is -0.115. The van der Waals surface area contributed by atoms with Gasteiger partial charge in [0, 0.05) is 26.2 Å². The van der Waals surface area contributed by atoms with E-state index < -0.39 is 5.56 Å². The summed E-state index contributed by atoms with van der Waals surface area (Å²) in [5.74, 6) is 1.19.